The maximum atomic E-state index is 13.4. The smallest absolute Gasteiger partial charge is 0.352 e. The molecule has 0 aliphatic heterocycles. The molecule has 2 aromatic heterocycles. The number of rotatable bonds is 4. The van der Waals surface area contributed by atoms with E-state index in [1.807, 2.05) is 0 Å². The number of fused-ring (bicyclic) bond motifs is 1. The summed E-state index contributed by atoms with van der Waals surface area (Å²) in [5.74, 6) is 5.88. The van der Waals surface area contributed by atoms with Gasteiger partial charge in [0.1, 0.15) is 23.2 Å². The van der Waals surface area contributed by atoms with Gasteiger partial charge >= 0.3 is 6.18 Å². The zero-order valence-corrected chi connectivity index (χ0v) is 17.4. The number of terminal acetylenes is 2. The molecule has 0 bridgehead atoms. The fraction of sp³-hybridized carbons (Fsp3) is 0.292. The van der Waals surface area contributed by atoms with E-state index in [2.05, 4.69) is 27.1 Å². The molecule has 5 nitrogen and oxygen atoms in total. The van der Waals surface area contributed by atoms with Gasteiger partial charge in [-0.2, -0.15) is 13.2 Å². The molecule has 0 spiro atoms. The van der Waals surface area contributed by atoms with E-state index in [4.69, 9.17) is 12.8 Å². The zero-order chi connectivity index (χ0) is 23.3. The molecule has 1 unspecified atom stereocenters. The van der Waals surface area contributed by atoms with Crippen LogP contribution in [0, 0.1) is 38.5 Å². The maximum absolute atomic E-state index is 13.4. The highest BCUT2D eigenvalue weighted by molar-refractivity contribution is 5.88. The molecule has 0 amide bonds. The normalized spacial score (nSPS) is 15.6. The summed E-state index contributed by atoms with van der Waals surface area (Å²) >= 11 is 0. The first-order valence-corrected chi connectivity index (χ1v) is 9.88. The predicted molar refractivity (Wildman–Crippen MR) is 116 cm³/mol. The highest BCUT2D eigenvalue weighted by Crippen LogP contribution is 2.42. The Balaban J connectivity index is 1.84. The van der Waals surface area contributed by atoms with E-state index in [0.29, 0.717) is 41.0 Å². The molecule has 2 heterocycles. The van der Waals surface area contributed by atoms with Crippen molar-refractivity contribution in [2.24, 2.45) is 0 Å². The van der Waals surface area contributed by atoms with Gasteiger partial charge < -0.3 is 5.32 Å². The lowest BCUT2D eigenvalue weighted by Crippen LogP contribution is -2.28. The molecule has 8 heteroatoms. The molecular weight excluding hydrogens is 417 g/mol. The number of anilines is 1. The third-order valence-electron chi connectivity index (χ3n) is 5.74. The van der Waals surface area contributed by atoms with Gasteiger partial charge in [0.15, 0.2) is 0 Å². The second-order valence-electron chi connectivity index (χ2n) is 7.84. The van der Waals surface area contributed by atoms with Crippen molar-refractivity contribution in [3.63, 3.8) is 0 Å². The van der Waals surface area contributed by atoms with Gasteiger partial charge in [-0.15, -0.1) is 12.8 Å². The Morgan fingerprint density at radius 3 is 2.53 bits per heavy atom. The van der Waals surface area contributed by atoms with E-state index >= 15 is 0 Å². The van der Waals surface area contributed by atoms with Crippen LogP contribution in [0.5, 0.6) is 0 Å². The number of aryl methyl sites for hydroxylation is 1. The third kappa shape index (κ3) is 3.58. The van der Waals surface area contributed by atoms with Crippen molar-refractivity contribution in [2.75, 3.05) is 5.32 Å². The van der Waals surface area contributed by atoms with Gasteiger partial charge in [0.2, 0.25) is 0 Å². The fourth-order valence-electron chi connectivity index (χ4n) is 3.86. The summed E-state index contributed by atoms with van der Waals surface area (Å²) < 4.78 is 41.6. The van der Waals surface area contributed by atoms with Gasteiger partial charge in [0.05, 0.1) is 16.5 Å². The molecule has 3 aromatic rings. The lowest BCUT2D eigenvalue weighted by Gasteiger charge is -2.21. The van der Waals surface area contributed by atoms with Crippen LogP contribution in [0.25, 0.3) is 10.9 Å². The molecule has 0 radical (unpaired) electrons. The number of nitrogens with zero attached hydrogens (tertiary/aromatic N) is 3. The summed E-state index contributed by atoms with van der Waals surface area (Å²) in [5, 5.41) is 3.56. The Bertz CT molecular complexity index is 1370. The van der Waals surface area contributed by atoms with E-state index < -0.39 is 23.3 Å². The summed E-state index contributed by atoms with van der Waals surface area (Å²) in [6.45, 7) is 3.04. The number of halogens is 3. The Hall–Kier alpha value is -3.78. The van der Waals surface area contributed by atoms with E-state index in [1.54, 1.807) is 19.2 Å². The monoisotopic (exact) mass is 436 g/mol. The van der Waals surface area contributed by atoms with E-state index in [9.17, 15) is 18.0 Å². The van der Waals surface area contributed by atoms with Crippen LogP contribution in [0.2, 0.25) is 0 Å². The molecule has 4 rings (SSSR count). The largest absolute Gasteiger partial charge is 0.416 e. The molecule has 1 N–H and O–H groups in total. The highest BCUT2D eigenvalue weighted by Gasteiger charge is 2.43. The summed E-state index contributed by atoms with van der Waals surface area (Å²) in [5.41, 5.74) is -0.963. The summed E-state index contributed by atoms with van der Waals surface area (Å²) in [7, 11) is 0. The lowest BCUT2D eigenvalue weighted by molar-refractivity contribution is -0.138. The van der Waals surface area contributed by atoms with Crippen LogP contribution in [-0.4, -0.2) is 14.5 Å². The van der Waals surface area contributed by atoms with Gasteiger partial charge in [-0.05, 0) is 43.9 Å². The first kappa shape index (κ1) is 21.5. The number of benzene rings is 1. The topological polar surface area (TPSA) is 59.8 Å². The average Bonchev–Trinajstić information content (AvgIpc) is 3.52. The van der Waals surface area contributed by atoms with Gasteiger partial charge in [-0.3, -0.25) is 9.36 Å². The Labute approximate surface area is 182 Å². The van der Waals surface area contributed by atoms with E-state index in [0.717, 1.165) is 6.07 Å². The Kier molecular flexibility index (Phi) is 4.97. The van der Waals surface area contributed by atoms with Crippen LogP contribution < -0.4 is 10.9 Å². The van der Waals surface area contributed by atoms with Gasteiger partial charge in [0.25, 0.3) is 5.56 Å². The minimum Gasteiger partial charge on any atom is -0.352 e. The molecular formula is C24H19F3N4O. The first-order valence-electron chi connectivity index (χ1n) is 9.88. The first-order chi connectivity index (χ1) is 15.1. The van der Waals surface area contributed by atoms with Crippen LogP contribution in [0.1, 0.15) is 41.4 Å². The zero-order valence-electron chi connectivity index (χ0n) is 17.4. The maximum Gasteiger partial charge on any atom is 0.416 e. The number of hydrogen-bond donors (Lipinski definition) is 1. The standard InChI is InChI=1S/C24H19F3N4O/c1-5-19(16-8-7-9-18(14(16)3)24(25,26)27)30-22-17-13-31(23(6-2)10-11-23)21(32)12-20(17)28-15(4)29-22/h1-2,7-9,12-13,19H,10-11H2,3-4H3,(H,28,29,30). The molecule has 1 atom stereocenters. The van der Waals surface area contributed by atoms with Crippen LogP contribution >= 0.6 is 0 Å². The van der Waals surface area contributed by atoms with Crippen molar-refractivity contribution < 1.29 is 13.2 Å². The predicted octanol–water partition coefficient (Wildman–Crippen LogP) is 4.34. The van der Waals surface area contributed by atoms with Crippen molar-refractivity contribution in [3.05, 3.63) is 63.3 Å². The van der Waals surface area contributed by atoms with E-state index in [1.165, 1.54) is 23.6 Å². The van der Waals surface area contributed by atoms with E-state index in [-0.39, 0.29) is 11.1 Å². The number of hydrogen-bond acceptors (Lipinski definition) is 4. The molecule has 1 aliphatic carbocycles. The van der Waals surface area contributed by atoms with Gasteiger partial charge in [0, 0.05) is 12.3 Å². The Morgan fingerprint density at radius 1 is 1.22 bits per heavy atom. The van der Waals surface area contributed by atoms with Crippen LogP contribution in [-0.2, 0) is 11.7 Å². The quantitative estimate of drug-likeness (QED) is 0.619. The molecule has 1 saturated carbocycles. The molecule has 1 aromatic carbocycles. The van der Waals surface area contributed by atoms with Crippen molar-refractivity contribution in [2.45, 2.75) is 44.4 Å². The molecule has 1 fully saturated rings. The van der Waals surface area contributed by atoms with Crippen molar-refractivity contribution in [3.8, 4) is 24.7 Å². The minimum atomic E-state index is -4.50. The summed E-state index contributed by atoms with van der Waals surface area (Å²) in [4.78, 5) is 21.4. The summed E-state index contributed by atoms with van der Waals surface area (Å²) in [6.07, 6.45) is 9.80. The van der Waals surface area contributed by atoms with Crippen LogP contribution in [0.15, 0.2) is 35.3 Å². The highest BCUT2D eigenvalue weighted by atomic mass is 19.4. The third-order valence-corrected chi connectivity index (χ3v) is 5.74. The molecule has 162 valence electrons. The summed E-state index contributed by atoms with van der Waals surface area (Å²) in [6, 6.07) is 4.38. The lowest BCUT2D eigenvalue weighted by atomic mass is 9.96. The van der Waals surface area contributed by atoms with Gasteiger partial charge in [-0.25, -0.2) is 9.97 Å². The minimum absolute atomic E-state index is 0.0340. The Morgan fingerprint density at radius 2 is 1.94 bits per heavy atom. The SMILES string of the molecule is C#CC(Nc1nc(C)nc2cc(=O)n(C3(C#C)CC3)cc12)c1cccc(C(F)(F)F)c1C. The van der Waals surface area contributed by atoms with Crippen molar-refractivity contribution in [1.82, 2.24) is 14.5 Å². The fourth-order valence-corrected chi connectivity index (χ4v) is 3.86. The van der Waals surface area contributed by atoms with Crippen molar-refractivity contribution in [1.29, 1.82) is 0 Å². The van der Waals surface area contributed by atoms with Crippen molar-refractivity contribution >= 4 is 16.7 Å². The van der Waals surface area contributed by atoms with Crippen LogP contribution in [0.4, 0.5) is 19.0 Å². The van der Waals surface area contributed by atoms with Gasteiger partial charge in [-0.1, -0.05) is 24.0 Å². The molecule has 32 heavy (non-hydrogen) atoms. The second kappa shape index (κ2) is 7.42. The number of pyridine rings is 1. The molecule has 1 aliphatic rings. The number of alkyl halides is 3. The molecule has 0 saturated heterocycles. The second-order valence-corrected chi connectivity index (χ2v) is 7.84. The number of aromatic nitrogens is 3. The average molecular weight is 436 g/mol. The number of nitrogens with one attached hydrogen (secondary N) is 1. The van der Waals surface area contributed by atoms with Crippen LogP contribution in [0.3, 0.4) is 0 Å².